The van der Waals surface area contributed by atoms with Gasteiger partial charge < -0.3 is 9.84 Å². The first-order valence-electron chi connectivity index (χ1n) is 4.50. The molecule has 1 saturated heterocycles. The van der Waals surface area contributed by atoms with Gasteiger partial charge in [0.15, 0.2) is 0 Å². The lowest BCUT2D eigenvalue weighted by Gasteiger charge is -2.20. The molecule has 2 atom stereocenters. The van der Waals surface area contributed by atoms with E-state index in [0.717, 1.165) is 6.61 Å². The molecule has 3 nitrogen and oxygen atoms in total. The Morgan fingerprint density at radius 1 is 1.79 bits per heavy atom. The number of carbonyl (C=O) groups is 1. The molecule has 0 aliphatic carbocycles. The van der Waals surface area contributed by atoms with Crippen molar-refractivity contribution < 1.29 is 14.6 Å². The second-order valence-corrected chi connectivity index (χ2v) is 3.73. The minimum absolute atomic E-state index is 0.211. The third kappa shape index (κ3) is 3.00. The molecule has 1 radical (unpaired) electrons. The van der Waals surface area contributed by atoms with E-state index in [1.807, 2.05) is 0 Å². The maximum absolute atomic E-state index is 10.6. The lowest BCUT2D eigenvalue weighted by molar-refractivity contribution is -0.132. The smallest absolute Gasteiger partial charge is 0.330 e. The van der Waals surface area contributed by atoms with Crippen LogP contribution in [0.3, 0.4) is 0 Å². The molecule has 1 heterocycles. The van der Waals surface area contributed by atoms with Crippen molar-refractivity contribution in [3.05, 3.63) is 31.2 Å². The minimum atomic E-state index is -0.920. The van der Waals surface area contributed by atoms with E-state index in [-0.39, 0.29) is 6.10 Å². The topological polar surface area (TPSA) is 49.8 Å². The minimum Gasteiger partial charge on any atom is -0.478 e. The molecule has 14 heavy (non-hydrogen) atoms. The van der Waals surface area contributed by atoms with Gasteiger partial charge in [0.05, 0.1) is 12.7 Å². The SMILES string of the molecule is [CH2]C(C=C)(C=C(C)C(=O)O)CC1CO1. The number of hydrogen-bond acceptors (Lipinski definition) is 2. The molecule has 0 spiro atoms. The quantitative estimate of drug-likeness (QED) is 0.413. The number of allylic oxidation sites excluding steroid dienone is 2. The van der Waals surface area contributed by atoms with E-state index in [9.17, 15) is 4.79 Å². The van der Waals surface area contributed by atoms with Crippen LogP contribution >= 0.6 is 0 Å². The van der Waals surface area contributed by atoms with Gasteiger partial charge in [-0.1, -0.05) is 12.2 Å². The predicted octanol–water partition coefficient (Wildman–Crippen LogP) is 1.81. The Morgan fingerprint density at radius 2 is 2.36 bits per heavy atom. The number of carboxylic acids is 1. The summed E-state index contributed by atoms with van der Waals surface area (Å²) in [6.07, 6.45) is 4.20. The number of rotatable bonds is 5. The van der Waals surface area contributed by atoms with Gasteiger partial charge in [0.1, 0.15) is 0 Å². The van der Waals surface area contributed by atoms with Crippen LogP contribution in [0, 0.1) is 12.3 Å². The van der Waals surface area contributed by atoms with Crippen LogP contribution in [0.1, 0.15) is 13.3 Å². The molecule has 0 aromatic rings. The van der Waals surface area contributed by atoms with Crippen LogP contribution in [0.5, 0.6) is 0 Å². The van der Waals surface area contributed by atoms with Gasteiger partial charge in [0.2, 0.25) is 0 Å². The highest BCUT2D eigenvalue weighted by molar-refractivity contribution is 5.86. The zero-order valence-electron chi connectivity index (χ0n) is 8.32. The van der Waals surface area contributed by atoms with Gasteiger partial charge in [0, 0.05) is 11.0 Å². The zero-order chi connectivity index (χ0) is 10.8. The molecular formula is C11H15O3. The first-order chi connectivity index (χ1) is 6.47. The Hall–Kier alpha value is -1.09. The molecule has 0 saturated carbocycles. The van der Waals surface area contributed by atoms with Gasteiger partial charge in [-0.3, -0.25) is 0 Å². The summed E-state index contributed by atoms with van der Waals surface area (Å²) in [5.41, 5.74) is -0.232. The van der Waals surface area contributed by atoms with Gasteiger partial charge in [-0.15, -0.1) is 6.58 Å². The van der Waals surface area contributed by atoms with Crippen molar-refractivity contribution in [3.63, 3.8) is 0 Å². The summed E-state index contributed by atoms with van der Waals surface area (Å²) in [5, 5.41) is 8.73. The number of hydrogen-bond donors (Lipinski definition) is 1. The largest absolute Gasteiger partial charge is 0.478 e. The second kappa shape index (κ2) is 3.96. The van der Waals surface area contributed by atoms with E-state index in [1.54, 1.807) is 19.1 Å². The van der Waals surface area contributed by atoms with Crippen LogP contribution in [0.25, 0.3) is 0 Å². The summed E-state index contributed by atoms with van der Waals surface area (Å²) in [6, 6.07) is 0. The highest BCUT2D eigenvalue weighted by Crippen LogP contribution is 2.32. The number of carboxylic acid groups (broad SMARTS) is 1. The predicted molar refractivity (Wildman–Crippen MR) is 53.7 cm³/mol. The molecule has 0 aromatic heterocycles. The first kappa shape index (κ1) is 11.0. The molecule has 1 rings (SSSR count). The standard InChI is InChI=1S/C11H15O3/c1-4-11(3,6-9-7-14-9)5-8(2)10(12)13/h4-5,9H,1,3,6-7H2,2H3,(H,12,13). The Labute approximate surface area is 84.1 Å². The zero-order valence-corrected chi connectivity index (χ0v) is 8.32. The van der Waals surface area contributed by atoms with Crippen molar-refractivity contribution in [1.29, 1.82) is 0 Å². The lowest BCUT2D eigenvalue weighted by Crippen LogP contribution is -2.15. The summed E-state index contributed by atoms with van der Waals surface area (Å²) in [7, 11) is 0. The molecule has 0 bridgehead atoms. The molecule has 2 unspecified atom stereocenters. The Balaban J connectivity index is 2.71. The van der Waals surface area contributed by atoms with Gasteiger partial charge >= 0.3 is 5.97 Å². The van der Waals surface area contributed by atoms with Crippen molar-refractivity contribution in [2.24, 2.45) is 5.41 Å². The molecule has 1 aliphatic rings. The molecule has 3 heteroatoms. The van der Waals surface area contributed by atoms with Crippen LogP contribution in [-0.2, 0) is 9.53 Å². The number of aliphatic carboxylic acids is 1. The first-order valence-corrected chi connectivity index (χ1v) is 4.50. The highest BCUT2D eigenvalue weighted by atomic mass is 16.6. The summed E-state index contributed by atoms with van der Waals surface area (Å²) in [5.74, 6) is -0.920. The summed E-state index contributed by atoms with van der Waals surface area (Å²) >= 11 is 0. The molecule has 1 aliphatic heterocycles. The van der Waals surface area contributed by atoms with Gasteiger partial charge in [-0.05, 0) is 20.3 Å². The highest BCUT2D eigenvalue weighted by Gasteiger charge is 2.31. The molecule has 1 fully saturated rings. The van der Waals surface area contributed by atoms with Crippen molar-refractivity contribution in [3.8, 4) is 0 Å². The van der Waals surface area contributed by atoms with Crippen molar-refractivity contribution in [2.45, 2.75) is 19.4 Å². The van der Waals surface area contributed by atoms with E-state index in [4.69, 9.17) is 9.84 Å². The van der Waals surface area contributed by atoms with Crippen LogP contribution in [0.2, 0.25) is 0 Å². The van der Waals surface area contributed by atoms with Crippen LogP contribution in [0.4, 0.5) is 0 Å². The average Bonchev–Trinajstić information content (AvgIpc) is 2.88. The van der Waals surface area contributed by atoms with Gasteiger partial charge in [-0.2, -0.15) is 0 Å². The Bertz CT molecular complexity index is 276. The fourth-order valence-corrected chi connectivity index (χ4v) is 1.30. The summed E-state index contributed by atoms with van der Waals surface area (Å²) < 4.78 is 5.08. The van der Waals surface area contributed by atoms with E-state index in [1.165, 1.54) is 0 Å². The van der Waals surface area contributed by atoms with Gasteiger partial charge in [-0.25, -0.2) is 4.79 Å². The molecule has 0 aromatic carbocycles. The molecular weight excluding hydrogens is 180 g/mol. The lowest BCUT2D eigenvalue weighted by atomic mass is 9.84. The normalized spacial score (nSPS) is 25.3. The number of ether oxygens (including phenoxy) is 1. The van der Waals surface area contributed by atoms with Crippen LogP contribution < -0.4 is 0 Å². The molecule has 0 amide bonds. The van der Waals surface area contributed by atoms with E-state index >= 15 is 0 Å². The van der Waals surface area contributed by atoms with Crippen LogP contribution in [-0.4, -0.2) is 23.8 Å². The average molecular weight is 195 g/mol. The van der Waals surface area contributed by atoms with E-state index < -0.39 is 11.4 Å². The monoisotopic (exact) mass is 195 g/mol. The van der Waals surface area contributed by atoms with Crippen molar-refractivity contribution >= 4 is 5.97 Å². The molecule has 1 N–H and O–H groups in total. The molecule has 77 valence electrons. The number of epoxide rings is 1. The Kier molecular flexibility index (Phi) is 3.11. The van der Waals surface area contributed by atoms with Crippen molar-refractivity contribution in [2.75, 3.05) is 6.61 Å². The fourth-order valence-electron chi connectivity index (χ4n) is 1.30. The second-order valence-electron chi connectivity index (χ2n) is 3.73. The summed E-state index contributed by atoms with van der Waals surface area (Å²) in [4.78, 5) is 10.6. The van der Waals surface area contributed by atoms with Crippen LogP contribution in [0.15, 0.2) is 24.3 Å². The van der Waals surface area contributed by atoms with E-state index in [2.05, 4.69) is 13.5 Å². The third-order valence-electron chi connectivity index (χ3n) is 2.26. The van der Waals surface area contributed by atoms with Gasteiger partial charge in [0.25, 0.3) is 0 Å². The summed E-state index contributed by atoms with van der Waals surface area (Å²) in [6.45, 7) is 9.92. The fraction of sp³-hybridized carbons (Fsp3) is 0.455. The maximum Gasteiger partial charge on any atom is 0.330 e. The maximum atomic E-state index is 10.6. The van der Waals surface area contributed by atoms with Crippen molar-refractivity contribution in [1.82, 2.24) is 0 Å². The Morgan fingerprint density at radius 3 is 2.71 bits per heavy atom. The van der Waals surface area contributed by atoms with E-state index in [0.29, 0.717) is 12.0 Å². The third-order valence-corrected chi connectivity index (χ3v) is 2.26.